The molecule has 1 aromatic heterocycles. The number of nitrogens with two attached hydrogens (primary N) is 1. The minimum Gasteiger partial charge on any atom is -0.325 e. The first-order valence-electron chi connectivity index (χ1n) is 5.47. The van der Waals surface area contributed by atoms with Crippen molar-refractivity contribution in [3.8, 4) is 11.4 Å². The van der Waals surface area contributed by atoms with Crippen LogP contribution in [0.5, 0.6) is 0 Å². The van der Waals surface area contributed by atoms with Crippen LogP contribution in [0, 0.1) is 0 Å². The van der Waals surface area contributed by atoms with Crippen LogP contribution in [0.15, 0.2) is 24.3 Å². The number of nitrogens with zero attached hydrogens (tertiary/aromatic N) is 4. The number of anilines is 1. The molecule has 1 amide bonds. The minimum absolute atomic E-state index is 0. The highest BCUT2D eigenvalue weighted by Crippen LogP contribution is 2.19. The van der Waals surface area contributed by atoms with Gasteiger partial charge < -0.3 is 11.1 Å². The zero-order chi connectivity index (χ0) is 13.1. The average molecular weight is 283 g/mol. The molecule has 1 heterocycles. The number of hydrogen-bond acceptors (Lipinski definition) is 5. The molecule has 19 heavy (non-hydrogen) atoms. The van der Waals surface area contributed by atoms with E-state index in [0.717, 1.165) is 5.56 Å². The molecular formula is C11H15ClN6O. The molecule has 0 aliphatic rings. The van der Waals surface area contributed by atoms with Crippen LogP contribution in [-0.4, -0.2) is 32.2 Å². The molecule has 0 radical (unpaired) electrons. The van der Waals surface area contributed by atoms with E-state index in [1.165, 1.54) is 0 Å². The Kier molecular flexibility index (Phi) is 4.96. The van der Waals surface area contributed by atoms with Crippen molar-refractivity contribution in [3.05, 3.63) is 24.3 Å². The summed E-state index contributed by atoms with van der Waals surface area (Å²) in [6, 6.07) is 6.72. The molecule has 102 valence electrons. The summed E-state index contributed by atoms with van der Waals surface area (Å²) < 4.78 is 1.56. The number of nitrogens with one attached hydrogen (secondary N) is 1. The van der Waals surface area contributed by atoms with Gasteiger partial charge in [-0.15, -0.1) is 17.5 Å². The quantitative estimate of drug-likeness (QED) is 0.858. The van der Waals surface area contributed by atoms with Gasteiger partial charge in [0.15, 0.2) is 5.82 Å². The number of rotatable bonds is 3. The summed E-state index contributed by atoms with van der Waals surface area (Å²) in [6.07, 6.45) is 0. The molecule has 7 nitrogen and oxygen atoms in total. The van der Waals surface area contributed by atoms with E-state index >= 15 is 0 Å². The van der Waals surface area contributed by atoms with Crippen LogP contribution in [0.4, 0.5) is 5.69 Å². The molecule has 0 unspecified atom stereocenters. The molecule has 2 aromatic rings. The average Bonchev–Trinajstić information content (AvgIpc) is 2.75. The van der Waals surface area contributed by atoms with E-state index in [1.54, 1.807) is 30.8 Å². The van der Waals surface area contributed by atoms with E-state index < -0.39 is 6.04 Å². The third-order valence-electron chi connectivity index (χ3n) is 2.42. The van der Waals surface area contributed by atoms with Crippen LogP contribution in [-0.2, 0) is 11.8 Å². The zero-order valence-corrected chi connectivity index (χ0v) is 11.4. The lowest BCUT2D eigenvalue weighted by molar-refractivity contribution is -0.117. The number of carbonyl (C=O) groups is 1. The van der Waals surface area contributed by atoms with Gasteiger partial charge in [0.2, 0.25) is 5.91 Å². The van der Waals surface area contributed by atoms with Gasteiger partial charge in [-0.3, -0.25) is 4.79 Å². The van der Waals surface area contributed by atoms with E-state index in [1.807, 2.05) is 12.1 Å². The van der Waals surface area contributed by atoms with Crippen molar-refractivity contribution < 1.29 is 4.79 Å². The Balaban J connectivity index is 0.00000180. The summed E-state index contributed by atoms with van der Waals surface area (Å²) in [7, 11) is 1.75. The molecular weight excluding hydrogens is 268 g/mol. The predicted octanol–water partition coefficient (Wildman–Crippen LogP) is 0.585. The molecule has 0 bridgehead atoms. The van der Waals surface area contributed by atoms with Gasteiger partial charge in [0, 0.05) is 18.3 Å². The Bertz CT molecular complexity index is 568. The van der Waals surface area contributed by atoms with Crippen LogP contribution in [0.2, 0.25) is 0 Å². The standard InChI is InChI=1S/C11H14N6O.ClH/c1-7(12)11(18)13-9-5-3-4-8(6-9)10-14-15-16-17(10)2;/h3-7H,12H2,1-2H3,(H,13,18);1H/t7-;/m1./s1. The van der Waals surface area contributed by atoms with Crippen LogP contribution >= 0.6 is 12.4 Å². The Morgan fingerprint density at radius 1 is 1.47 bits per heavy atom. The van der Waals surface area contributed by atoms with Crippen LogP contribution in [0.1, 0.15) is 6.92 Å². The first-order chi connectivity index (χ1) is 8.58. The van der Waals surface area contributed by atoms with Crippen molar-refractivity contribution >= 4 is 24.0 Å². The van der Waals surface area contributed by atoms with E-state index in [0.29, 0.717) is 11.5 Å². The number of hydrogen-bond donors (Lipinski definition) is 2. The highest BCUT2D eigenvalue weighted by molar-refractivity contribution is 5.94. The number of carbonyl (C=O) groups excluding carboxylic acids is 1. The fourth-order valence-electron chi connectivity index (χ4n) is 1.47. The van der Waals surface area contributed by atoms with Gasteiger partial charge >= 0.3 is 0 Å². The molecule has 0 spiro atoms. The second-order valence-electron chi connectivity index (χ2n) is 3.98. The highest BCUT2D eigenvalue weighted by atomic mass is 35.5. The Hall–Kier alpha value is -1.99. The molecule has 2 rings (SSSR count). The molecule has 0 aliphatic heterocycles. The van der Waals surface area contributed by atoms with Crippen LogP contribution < -0.4 is 11.1 Å². The normalized spacial score (nSPS) is 11.5. The van der Waals surface area contributed by atoms with Crippen molar-refractivity contribution in [2.24, 2.45) is 12.8 Å². The second kappa shape index (κ2) is 6.26. The van der Waals surface area contributed by atoms with Gasteiger partial charge in [-0.25, -0.2) is 4.68 Å². The van der Waals surface area contributed by atoms with Crippen molar-refractivity contribution in [1.29, 1.82) is 0 Å². The summed E-state index contributed by atoms with van der Waals surface area (Å²) in [4.78, 5) is 11.5. The van der Waals surface area contributed by atoms with Crippen molar-refractivity contribution in [2.75, 3.05) is 5.32 Å². The fourth-order valence-corrected chi connectivity index (χ4v) is 1.47. The van der Waals surface area contributed by atoms with Gasteiger partial charge in [0.25, 0.3) is 0 Å². The number of benzene rings is 1. The van der Waals surface area contributed by atoms with Gasteiger partial charge in [-0.2, -0.15) is 0 Å². The number of aryl methyl sites for hydroxylation is 1. The maximum Gasteiger partial charge on any atom is 0.240 e. The van der Waals surface area contributed by atoms with Gasteiger partial charge in [0.05, 0.1) is 6.04 Å². The maximum atomic E-state index is 11.5. The first kappa shape index (κ1) is 15.1. The second-order valence-corrected chi connectivity index (χ2v) is 3.98. The van der Waals surface area contributed by atoms with Crippen LogP contribution in [0.25, 0.3) is 11.4 Å². The highest BCUT2D eigenvalue weighted by Gasteiger charge is 2.10. The molecule has 1 atom stereocenters. The van der Waals surface area contributed by atoms with E-state index in [-0.39, 0.29) is 18.3 Å². The van der Waals surface area contributed by atoms with E-state index in [9.17, 15) is 4.79 Å². The molecule has 0 saturated heterocycles. The van der Waals surface area contributed by atoms with Crippen LogP contribution in [0.3, 0.4) is 0 Å². The largest absolute Gasteiger partial charge is 0.325 e. The Morgan fingerprint density at radius 3 is 2.79 bits per heavy atom. The van der Waals surface area contributed by atoms with Crippen molar-refractivity contribution in [1.82, 2.24) is 20.2 Å². The Labute approximate surface area is 116 Å². The maximum absolute atomic E-state index is 11.5. The molecule has 0 fully saturated rings. The SMILES string of the molecule is C[C@@H](N)C(=O)Nc1cccc(-c2nnnn2C)c1.Cl. The number of aromatic nitrogens is 4. The van der Waals surface area contributed by atoms with Gasteiger partial charge in [-0.1, -0.05) is 12.1 Å². The molecule has 0 saturated carbocycles. The molecule has 8 heteroatoms. The first-order valence-corrected chi connectivity index (χ1v) is 5.47. The monoisotopic (exact) mass is 282 g/mol. The summed E-state index contributed by atoms with van der Waals surface area (Å²) in [6.45, 7) is 1.63. The van der Waals surface area contributed by atoms with Gasteiger partial charge in [-0.05, 0) is 29.5 Å². The summed E-state index contributed by atoms with van der Waals surface area (Å²) in [5.41, 5.74) is 6.98. The van der Waals surface area contributed by atoms with E-state index in [4.69, 9.17) is 5.73 Å². The molecule has 3 N–H and O–H groups in total. The van der Waals surface area contributed by atoms with Gasteiger partial charge in [0.1, 0.15) is 0 Å². The third-order valence-corrected chi connectivity index (χ3v) is 2.42. The molecule has 0 aliphatic carbocycles. The zero-order valence-electron chi connectivity index (χ0n) is 10.6. The number of amides is 1. The summed E-state index contributed by atoms with van der Waals surface area (Å²) in [5.74, 6) is 0.398. The number of tetrazole rings is 1. The summed E-state index contributed by atoms with van der Waals surface area (Å²) >= 11 is 0. The van der Waals surface area contributed by atoms with E-state index in [2.05, 4.69) is 20.8 Å². The number of halogens is 1. The lowest BCUT2D eigenvalue weighted by Crippen LogP contribution is -2.32. The minimum atomic E-state index is -0.551. The topological polar surface area (TPSA) is 98.7 Å². The lowest BCUT2D eigenvalue weighted by atomic mass is 10.2. The smallest absolute Gasteiger partial charge is 0.240 e. The Morgan fingerprint density at radius 2 is 2.21 bits per heavy atom. The van der Waals surface area contributed by atoms with Crippen molar-refractivity contribution in [2.45, 2.75) is 13.0 Å². The molecule has 1 aromatic carbocycles. The predicted molar refractivity (Wildman–Crippen MR) is 73.8 cm³/mol. The summed E-state index contributed by atoms with van der Waals surface area (Å²) in [5, 5.41) is 14.0. The lowest BCUT2D eigenvalue weighted by Gasteiger charge is -2.08. The fraction of sp³-hybridized carbons (Fsp3) is 0.273. The van der Waals surface area contributed by atoms with Crippen molar-refractivity contribution in [3.63, 3.8) is 0 Å². The third kappa shape index (κ3) is 3.49.